The Kier molecular flexibility index (Phi) is 4.51. The first-order chi connectivity index (χ1) is 11.2. The van der Waals surface area contributed by atoms with Gasteiger partial charge >= 0.3 is 0 Å². The molecule has 0 unspecified atom stereocenters. The third-order valence-corrected chi connectivity index (χ3v) is 3.88. The molecule has 3 rings (SSSR count). The van der Waals surface area contributed by atoms with Crippen LogP contribution in [0.15, 0.2) is 42.5 Å². The summed E-state index contributed by atoms with van der Waals surface area (Å²) in [6, 6.07) is 13.8. The highest BCUT2D eigenvalue weighted by Gasteiger charge is 2.21. The van der Waals surface area contributed by atoms with E-state index in [1.165, 1.54) is 19.8 Å². The molecule has 0 radical (unpaired) electrons. The fourth-order valence-electron chi connectivity index (χ4n) is 2.41. The standard InChI is InChI=1S/C19H21NO3/c1-13(21)20-18-10-7-16(11-19(18)22-2)15-5-8-17(9-6-15)23-12-14-3-4-14/h5-11,14H,3-4,12H2,1-2H3,(H,20,21). The first-order valence-corrected chi connectivity index (χ1v) is 7.84. The molecular weight excluding hydrogens is 290 g/mol. The zero-order valence-corrected chi connectivity index (χ0v) is 13.5. The molecule has 1 saturated carbocycles. The monoisotopic (exact) mass is 311 g/mol. The van der Waals surface area contributed by atoms with E-state index in [-0.39, 0.29) is 5.91 Å². The van der Waals surface area contributed by atoms with Crippen LogP contribution in [0.4, 0.5) is 5.69 Å². The molecule has 0 heterocycles. The van der Waals surface area contributed by atoms with Gasteiger partial charge in [-0.1, -0.05) is 18.2 Å². The van der Waals surface area contributed by atoms with Gasteiger partial charge in [-0.25, -0.2) is 0 Å². The number of hydrogen-bond acceptors (Lipinski definition) is 3. The van der Waals surface area contributed by atoms with E-state index in [0.29, 0.717) is 11.4 Å². The lowest BCUT2D eigenvalue weighted by molar-refractivity contribution is -0.114. The maximum atomic E-state index is 11.2. The average molecular weight is 311 g/mol. The topological polar surface area (TPSA) is 47.6 Å². The van der Waals surface area contributed by atoms with Crippen molar-refractivity contribution in [2.75, 3.05) is 19.0 Å². The second kappa shape index (κ2) is 6.73. The summed E-state index contributed by atoms with van der Waals surface area (Å²) in [6.45, 7) is 2.30. The van der Waals surface area contributed by atoms with Gasteiger partial charge in [-0.3, -0.25) is 4.79 Å². The predicted molar refractivity (Wildman–Crippen MR) is 91.0 cm³/mol. The normalized spacial score (nSPS) is 13.5. The molecule has 0 saturated heterocycles. The molecule has 4 nitrogen and oxygen atoms in total. The second-order valence-electron chi connectivity index (χ2n) is 5.88. The summed E-state index contributed by atoms with van der Waals surface area (Å²) in [5.41, 5.74) is 2.79. The van der Waals surface area contributed by atoms with Crippen molar-refractivity contribution in [3.05, 3.63) is 42.5 Å². The summed E-state index contributed by atoms with van der Waals surface area (Å²) < 4.78 is 11.1. The third-order valence-electron chi connectivity index (χ3n) is 3.88. The van der Waals surface area contributed by atoms with Gasteiger partial charge in [-0.2, -0.15) is 0 Å². The number of benzene rings is 2. The number of rotatable bonds is 6. The smallest absolute Gasteiger partial charge is 0.221 e. The van der Waals surface area contributed by atoms with Crippen LogP contribution < -0.4 is 14.8 Å². The Morgan fingerprint density at radius 3 is 2.43 bits per heavy atom. The van der Waals surface area contributed by atoms with Gasteiger partial charge in [0.05, 0.1) is 19.4 Å². The average Bonchev–Trinajstić information content (AvgIpc) is 3.38. The molecule has 0 aromatic heterocycles. The van der Waals surface area contributed by atoms with Gasteiger partial charge in [-0.05, 0) is 54.2 Å². The van der Waals surface area contributed by atoms with Crippen molar-refractivity contribution in [2.24, 2.45) is 5.92 Å². The van der Waals surface area contributed by atoms with Gasteiger partial charge in [-0.15, -0.1) is 0 Å². The molecule has 120 valence electrons. The minimum absolute atomic E-state index is 0.117. The van der Waals surface area contributed by atoms with Crippen molar-refractivity contribution >= 4 is 11.6 Å². The molecule has 1 aliphatic rings. The Hall–Kier alpha value is -2.49. The van der Waals surface area contributed by atoms with Gasteiger partial charge in [0.15, 0.2) is 0 Å². The van der Waals surface area contributed by atoms with Gasteiger partial charge in [0.1, 0.15) is 11.5 Å². The fourth-order valence-corrected chi connectivity index (χ4v) is 2.41. The van der Waals surface area contributed by atoms with Crippen molar-refractivity contribution in [3.8, 4) is 22.6 Å². The molecule has 23 heavy (non-hydrogen) atoms. The van der Waals surface area contributed by atoms with Crippen molar-refractivity contribution in [1.29, 1.82) is 0 Å². The number of amides is 1. The lowest BCUT2D eigenvalue weighted by Gasteiger charge is -2.11. The van der Waals surface area contributed by atoms with E-state index in [0.717, 1.165) is 29.4 Å². The number of carbonyl (C=O) groups is 1. The summed E-state index contributed by atoms with van der Waals surface area (Å²) in [4.78, 5) is 11.2. The molecule has 0 aliphatic heterocycles. The first-order valence-electron chi connectivity index (χ1n) is 7.84. The molecule has 0 atom stereocenters. The Morgan fingerprint density at radius 2 is 1.83 bits per heavy atom. The van der Waals surface area contributed by atoms with Crippen LogP contribution in [0.1, 0.15) is 19.8 Å². The lowest BCUT2D eigenvalue weighted by atomic mass is 10.0. The Bertz CT molecular complexity index is 690. The van der Waals surface area contributed by atoms with Crippen molar-refractivity contribution < 1.29 is 14.3 Å². The van der Waals surface area contributed by atoms with E-state index in [1.54, 1.807) is 7.11 Å². The fraction of sp³-hybridized carbons (Fsp3) is 0.316. The Labute approximate surface area is 136 Å². The molecule has 1 fully saturated rings. The number of ether oxygens (including phenoxy) is 2. The number of anilines is 1. The van der Waals surface area contributed by atoms with Crippen LogP contribution in [0.25, 0.3) is 11.1 Å². The molecule has 4 heteroatoms. The number of nitrogens with one attached hydrogen (secondary N) is 1. The predicted octanol–water partition coefficient (Wildman–Crippen LogP) is 4.11. The zero-order valence-electron chi connectivity index (χ0n) is 13.5. The van der Waals surface area contributed by atoms with Crippen LogP contribution in [0.3, 0.4) is 0 Å². The second-order valence-corrected chi connectivity index (χ2v) is 5.88. The van der Waals surface area contributed by atoms with Crippen LogP contribution in [0.2, 0.25) is 0 Å². The lowest BCUT2D eigenvalue weighted by Crippen LogP contribution is -2.07. The minimum Gasteiger partial charge on any atom is -0.495 e. The van der Waals surface area contributed by atoms with Crippen LogP contribution in [0.5, 0.6) is 11.5 Å². The van der Waals surface area contributed by atoms with Crippen LogP contribution in [-0.4, -0.2) is 19.6 Å². The summed E-state index contributed by atoms with van der Waals surface area (Å²) in [7, 11) is 1.60. The summed E-state index contributed by atoms with van der Waals surface area (Å²) in [5, 5.41) is 2.76. The van der Waals surface area contributed by atoms with E-state index in [4.69, 9.17) is 9.47 Å². The molecule has 1 amide bonds. The largest absolute Gasteiger partial charge is 0.495 e. The van der Waals surface area contributed by atoms with Gasteiger partial charge in [0.2, 0.25) is 5.91 Å². The van der Waals surface area contributed by atoms with E-state index < -0.39 is 0 Å². The zero-order chi connectivity index (χ0) is 16.2. The molecule has 1 aliphatic carbocycles. The third kappa shape index (κ3) is 4.03. The Morgan fingerprint density at radius 1 is 1.13 bits per heavy atom. The van der Waals surface area contributed by atoms with Gasteiger partial charge < -0.3 is 14.8 Å². The summed E-state index contributed by atoms with van der Waals surface area (Å²) >= 11 is 0. The molecule has 2 aromatic carbocycles. The van der Waals surface area contributed by atoms with Crippen LogP contribution in [0, 0.1) is 5.92 Å². The highest BCUT2D eigenvalue weighted by Crippen LogP contribution is 2.32. The van der Waals surface area contributed by atoms with E-state index in [9.17, 15) is 4.79 Å². The van der Waals surface area contributed by atoms with Crippen molar-refractivity contribution in [3.63, 3.8) is 0 Å². The quantitative estimate of drug-likeness (QED) is 0.873. The maximum absolute atomic E-state index is 11.2. The molecular formula is C19H21NO3. The highest BCUT2D eigenvalue weighted by atomic mass is 16.5. The summed E-state index contributed by atoms with van der Waals surface area (Å²) in [5.74, 6) is 2.18. The SMILES string of the molecule is COc1cc(-c2ccc(OCC3CC3)cc2)ccc1NC(C)=O. The van der Waals surface area contributed by atoms with E-state index in [1.807, 2.05) is 42.5 Å². The summed E-state index contributed by atoms with van der Waals surface area (Å²) in [6.07, 6.45) is 2.58. The Balaban J connectivity index is 1.75. The minimum atomic E-state index is -0.117. The number of methoxy groups -OCH3 is 1. The van der Waals surface area contributed by atoms with Gasteiger partial charge in [0, 0.05) is 6.92 Å². The van der Waals surface area contributed by atoms with Crippen LogP contribution in [-0.2, 0) is 4.79 Å². The maximum Gasteiger partial charge on any atom is 0.221 e. The molecule has 1 N–H and O–H groups in total. The van der Waals surface area contributed by atoms with E-state index in [2.05, 4.69) is 5.32 Å². The molecule has 0 spiro atoms. The molecule has 2 aromatic rings. The number of carbonyl (C=O) groups excluding carboxylic acids is 1. The first kappa shape index (κ1) is 15.4. The van der Waals surface area contributed by atoms with E-state index >= 15 is 0 Å². The number of hydrogen-bond donors (Lipinski definition) is 1. The highest BCUT2D eigenvalue weighted by molar-refractivity contribution is 5.91. The van der Waals surface area contributed by atoms with Crippen LogP contribution >= 0.6 is 0 Å². The van der Waals surface area contributed by atoms with Gasteiger partial charge in [0.25, 0.3) is 0 Å². The molecule has 0 bridgehead atoms. The van der Waals surface area contributed by atoms with Crippen molar-refractivity contribution in [1.82, 2.24) is 0 Å². The van der Waals surface area contributed by atoms with Crippen molar-refractivity contribution in [2.45, 2.75) is 19.8 Å².